The van der Waals surface area contributed by atoms with E-state index < -0.39 is 0 Å². The lowest BCUT2D eigenvalue weighted by Gasteiger charge is -2.26. The first-order valence-corrected chi connectivity index (χ1v) is 10.9. The number of carbonyl (C=O) groups excluding carboxylic acids is 1. The zero-order valence-electron chi connectivity index (χ0n) is 16.5. The van der Waals surface area contributed by atoms with Crippen LogP contribution in [0.4, 0.5) is 0 Å². The fraction of sp³-hybridized carbons (Fsp3) is 0.381. The molecule has 0 saturated carbocycles. The third kappa shape index (κ3) is 3.65. The first-order valence-electron chi connectivity index (χ1n) is 9.89. The average molecular weight is 427 g/mol. The predicted molar refractivity (Wildman–Crippen MR) is 109 cm³/mol. The van der Waals surface area contributed by atoms with Gasteiger partial charge in [-0.1, -0.05) is 17.8 Å². The quantitative estimate of drug-likeness (QED) is 0.567. The summed E-state index contributed by atoms with van der Waals surface area (Å²) < 4.78 is 22.2. The van der Waals surface area contributed by atoms with Gasteiger partial charge in [0.1, 0.15) is 19.0 Å². The van der Waals surface area contributed by atoms with Crippen molar-refractivity contribution in [3.8, 4) is 23.0 Å². The number of benzene rings is 1. The van der Waals surface area contributed by atoms with Gasteiger partial charge in [-0.25, -0.2) is 0 Å². The zero-order valence-corrected chi connectivity index (χ0v) is 17.3. The van der Waals surface area contributed by atoms with Gasteiger partial charge in [-0.05, 0) is 43.5 Å². The molecule has 1 aromatic carbocycles. The SMILES string of the molecule is Cc1occc1-c1nnc(SCC(=O)N2CCC[C@@H]2c2ccc3c(c2)OCCO3)o1. The maximum atomic E-state index is 12.9. The van der Waals surface area contributed by atoms with Crippen molar-refractivity contribution in [3.63, 3.8) is 0 Å². The van der Waals surface area contributed by atoms with E-state index in [9.17, 15) is 4.79 Å². The van der Waals surface area contributed by atoms with E-state index in [0.717, 1.165) is 42.0 Å². The van der Waals surface area contributed by atoms with Crippen LogP contribution in [0.2, 0.25) is 0 Å². The lowest BCUT2D eigenvalue weighted by molar-refractivity contribution is -0.129. The first-order chi connectivity index (χ1) is 14.7. The molecule has 0 radical (unpaired) electrons. The van der Waals surface area contributed by atoms with Crippen molar-refractivity contribution < 1.29 is 23.1 Å². The number of amides is 1. The van der Waals surface area contributed by atoms with Crippen molar-refractivity contribution >= 4 is 17.7 Å². The van der Waals surface area contributed by atoms with E-state index in [0.29, 0.717) is 30.1 Å². The van der Waals surface area contributed by atoms with E-state index in [1.165, 1.54) is 11.8 Å². The molecule has 2 aliphatic heterocycles. The standard InChI is InChI=1S/C21H21N3O5S/c1-13-15(6-8-26-13)20-22-23-21(29-20)30-12-19(25)24-7-2-3-16(24)14-4-5-17-18(11-14)28-10-9-27-17/h4-6,8,11,16H,2-3,7,9-10,12H2,1H3/t16-/m1/s1. The third-order valence-electron chi connectivity index (χ3n) is 5.34. The molecule has 0 N–H and O–H groups in total. The molecule has 9 heteroatoms. The van der Waals surface area contributed by atoms with Crippen molar-refractivity contribution in [2.45, 2.75) is 31.0 Å². The number of carbonyl (C=O) groups is 1. The second kappa shape index (κ2) is 8.06. The summed E-state index contributed by atoms with van der Waals surface area (Å²) in [6.07, 6.45) is 3.48. The number of aromatic nitrogens is 2. The van der Waals surface area contributed by atoms with E-state index in [2.05, 4.69) is 10.2 Å². The molecular formula is C21H21N3O5S. The molecule has 3 aromatic rings. The van der Waals surface area contributed by atoms with Crippen molar-refractivity contribution in [2.75, 3.05) is 25.5 Å². The fourth-order valence-corrected chi connectivity index (χ4v) is 4.52. The maximum absolute atomic E-state index is 12.9. The van der Waals surface area contributed by atoms with Gasteiger partial charge in [-0.2, -0.15) is 0 Å². The Bertz CT molecular complexity index is 1060. The van der Waals surface area contributed by atoms with Gasteiger partial charge in [0, 0.05) is 6.54 Å². The highest BCUT2D eigenvalue weighted by atomic mass is 32.2. The van der Waals surface area contributed by atoms with Crippen molar-refractivity contribution in [1.29, 1.82) is 0 Å². The van der Waals surface area contributed by atoms with Crippen molar-refractivity contribution in [2.24, 2.45) is 0 Å². The number of thioether (sulfide) groups is 1. The van der Waals surface area contributed by atoms with Crippen LogP contribution in [0.25, 0.3) is 11.5 Å². The van der Waals surface area contributed by atoms with Crippen LogP contribution in [0, 0.1) is 6.92 Å². The fourth-order valence-electron chi connectivity index (χ4n) is 3.87. The summed E-state index contributed by atoms with van der Waals surface area (Å²) in [7, 11) is 0. The monoisotopic (exact) mass is 427 g/mol. The molecule has 0 unspecified atom stereocenters. The molecule has 4 heterocycles. The van der Waals surface area contributed by atoms with Gasteiger partial charge >= 0.3 is 0 Å². The van der Waals surface area contributed by atoms with E-state index in [-0.39, 0.29) is 17.7 Å². The topological polar surface area (TPSA) is 90.8 Å². The second-order valence-corrected chi connectivity index (χ2v) is 8.13. The summed E-state index contributed by atoms with van der Waals surface area (Å²) in [5.74, 6) is 2.91. The Labute approximate surface area is 177 Å². The van der Waals surface area contributed by atoms with Crippen LogP contribution in [0.15, 0.2) is 44.6 Å². The van der Waals surface area contributed by atoms with Gasteiger partial charge in [0.15, 0.2) is 11.5 Å². The molecule has 0 aliphatic carbocycles. The van der Waals surface area contributed by atoms with E-state index in [1.807, 2.05) is 30.0 Å². The van der Waals surface area contributed by atoms with E-state index in [1.54, 1.807) is 12.3 Å². The average Bonchev–Trinajstić information content (AvgIpc) is 3.52. The van der Waals surface area contributed by atoms with Crippen molar-refractivity contribution in [1.82, 2.24) is 15.1 Å². The molecule has 2 aliphatic rings. The highest BCUT2D eigenvalue weighted by Gasteiger charge is 2.31. The molecule has 1 atom stereocenters. The predicted octanol–water partition coefficient (Wildman–Crippen LogP) is 3.87. The maximum Gasteiger partial charge on any atom is 0.277 e. The number of nitrogens with zero attached hydrogens (tertiary/aromatic N) is 3. The Hall–Kier alpha value is -2.94. The highest BCUT2D eigenvalue weighted by molar-refractivity contribution is 7.99. The van der Waals surface area contributed by atoms with Crippen LogP contribution < -0.4 is 9.47 Å². The minimum Gasteiger partial charge on any atom is -0.486 e. The number of aryl methyl sites for hydroxylation is 1. The largest absolute Gasteiger partial charge is 0.486 e. The van der Waals surface area contributed by atoms with Gasteiger partial charge in [-0.15, -0.1) is 10.2 Å². The summed E-state index contributed by atoms with van der Waals surface area (Å²) in [6, 6.07) is 7.77. The molecular weight excluding hydrogens is 406 g/mol. The number of ether oxygens (including phenoxy) is 2. The summed E-state index contributed by atoms with van der Waals surface area (Å²) in [6.45, 7) is 3.68. The van der Waals surface area contributed by atoms with Crippen LogP contribution in [-0.2, 0) is 4.79 Å². The highest BCUT2D eigenvalue weighted by Crippen LogP contribution is 2.38. The Kier molecular flexibility index (Phi) is 5.12. The number of hydrogen-bond acceptors (Lipinski definition) is 8. The van der Waals surface area contributed by atoms with Crippen LogP contribution in [-0.4, -0.2) is 46.5 Å². The zero-order chi connectivity index (χ0) is 20.5. The molecule has 1 saturated heterocycles. The van der Waals surface area contributed by atoms with E-state index in [4.69, 9.17) is 18.3 Å². The molecule has 0 spiro atoms. The smallest absolute Gasteiger partial charge is 0.277 e. The number of rotatable bonds is 5. The minimum atomic E-state index is 0.0424. The molecule has 8 nitrogen and oxygen atoms in total. The minimum absolute atomic E-state index is 0.0424. The lowest BCUT2D eigenvalue weighted by atomic mass is 10.0. The first kappa shape index (κ1) is 19.0. The van der Waals surface area contributed by atoms with Crippen LogP contribution in [0.3, 0.4) is 0 Å². The Morgan fingerprint density at radius 2 is 2.07 bits per heavy atom. The molecule has 156 valence electrons. The third-order valence-corrected chi connectivity index (χ3v) is 6.14. The number of furan rings is 1. The lowest BCUT2D eigenvalue weighted by Crippen LogP contribution is -2.32. The summed E-state index contributed by atoms with van der Waals surface area (Å²) >= 11 is 1.25. The van der Waals surface area contributed by atoms with Gasteiger partial charge in [0.25, 0.3) is 11.1 Å². The summed E-state index contributed by atoms with van der Waals surface area (Å²) in [5.41, 5.74) is 1.84. The van der Waals surface area contributed by atoms with Gasteiger partial charge < -0.3 is 23.2 Å². The normalized spacial score (nSPS) is 18.0. The number of fused-ring (bicyclic) bond motifs is 1. The second-order valence-electron chi connectivity index (χ2n) is 7.20. The van der Waals surface area contributed by atoms with Gasteiger partial charge in [-0.3, -0.25) is 4.79 Å². The molecule has 5 rings (SSSR count). The summed E-state index contributed by atoms with van der Waals surface area (Å²) in [5, 5.41) is 8.46. The van der Waals surface area contributed by atoms with Gasteiger partial charge in [0.2, 0.25) is 5.91 Å². The molecule has 1 fully saturated rings. The Morgan fingerprint density at radius 3 is 2.90 bits per heavy atom. The number of hydrogen-bond donors (Lipinski definition) is 0. The Balaban J connectivity index is 1.25. The van der Waals surface area contributed by atoms with Crippen LogP contribution in [0.5, 0.6) is 11.5 Å². The van der Waals surface area contributed by atoms with E-state index >= 15 is 0 Å². The van der Waals surface area contributed by atoms with Crippen LogP contribution in [0.1, 0.15) is 30.2 Å². The molecule has 2 aromatic heterocycles. The van der Waals surface area contributed by atoms with Crippen LogP contribution >= 0.6 is 11.8 Å². The van der Waals surface area contributed by atoms with Crippen molar-refractivity contribution in [3.05, 3.63) is 41.9 Å². The molecule has 0 bridgehead atoms. The number of likely N-dealkylation sites (tertiary alicyclic amines) is 1. The van der Waals surface area contributed by atoms with Gasteiger partial charge in [0.05, 0.1) is 23.6 Å². The Morgan fingerprint density at radius 1 is 1.20 bits per heavy atom. The summed E-state index contributed by atoms with van der Waals surface area (Å²) in [4.78, 5) is 14.9. The molecule has 1 amide bonds. The molecule has 30 heavy (non-hydrogen) atoms.